The smallest absolute Gasteiger partial charge is 0.295 e. The van der Waals surface area contributed by atoms with Gasteiger partial charge in [0, 0.05) is 36.3 Å². The third-order valence-corrected chi connectivity index (χ3v) is 5.37. The molecule has 1 aliphatic rings. The average molecular weight is 422 g/mol. The van der Waals surface area contributed by atoms with Gasteiger partial charge in [-0.15, -0.1) is 0 Å². The fourth-order valence-corrected chi connectivity index (χ4v) is 3.80. The van der Waals surface area contributed by atoms with Crippen LogP contribution in [0.4, 0.5) is 15.8 Å². The molecule has 3 aromatic rings. The van der Waals surface area contributed by atoms with Crippen molar-refractivity contribution in [3.8, 4) is 0 Å². The zero-order valence-corrected chi connectivity index (χ0v) is 16.5. The minimum absolute atomic E-state index is 0.137. The van der Waals surface area contributed by atoms with Crippen molar-refractivity contribution in [2.24, 2.45) is 5.92 Å². The molecule has 1 unspecified atom stereocenters. The lowest BCUT2D eigenvalue weighted by atomic mass is 9.96. The van der Waals surface area contributed by atoms with Gasteiger partial charge in [-0.2, -0.15) is 0 Å². The van der Waals surface area contributed by atoms with Gasteiger partial charge in [0.15, 0.2) is 0 Å². The molecule has 31 heavy (non-hydrogen) atoms. The molecule has 1 fully saturated rings. The van der Waals surface area contributed by atoms with Crippen LogP contribution in [0.3, 0.4) is 0 Å². The Morgan fingerprint density at radius 2 is 1.94 bits per heavy atom. The van der Waals surface area contributed by atoms with E-state index in [9.17, 15) is 24.1 Å². The maximum absolute atomic E-state index is 13.1. The minimum Gasteiger partial charge on any atom is -0.338 e. The molecule has 1 aromatic heterocycles. The molecule has 1 aliphatic heterocycles. The van der Waals surface area contributed by atoms with E-state index < -0.39 is 16.7 Å². The first-order chi connectivity index (χ1) is 14.9. The molecule has 0 radical (unpaired) electrons. The number of hydrogen-bond acceptors (Lipinski definition) is 5. The predicted octanol–water partition coefficient (Wildman–Crippen LogP) is 3.77. The number of rotatable bonds is 4. The predicted molar refractivity (Wildman–Crippen MR) is 112 cm³/mol. The third kappa shape index (κ3) is 4.20. The standard InChI is InChI=1S/C22H19FN4O4/c23-16-7-5-14(6-8-16)22(29)26-12-2-3-15(13-26)21(28)25-18-9-10-19(27(30)31)20-17(18)4-1-11-24-20/h1,4-11,15H,2-3,12-13H2,(H,25,28). The second-order valence-corrected chi connectivity index (χ2v) is 7.38. The highest BCUT2D eigenvalue weighted by atomic mass is 19.1. The van der Waals surface area contributed by atoms with Crippen molar-refractivity contribution in [2.45, 2.75) is 12.8 Å². The monoisotopic (exact) mass is 422 g/mol. The maximum Gasteiger partial charge on any atom is 0.295 e. The van der Waals surface area contributed by atoms with Gasteiger partial charge in [0.1, 0.15) is 11.3 Å². The summed E-state index contributed by atoms with van der Waals surface area (Å²) >= 11 is 0. The van der Waals surface area contributed by atoms with Crippen LogP contribution in [0.2, 0.25) is 0 Å². The molecule has 158 valence electrons. The van der Waals surface area contributed by atoms with Crippen LogP contribution in [-0.2, 0) is 4.79 Å². The fraction of sp³-hybridized carbons (Fsp3) is 0.227. The van der Waals surface area contributed by atoms with Gasteiger partial charge >= 0.3 is 0 Å². The molecule has 1 saturated heterocycles. The average Bonchev–Trinajstić information content (AvgIpc) is 2.79. The van der Waals surface area contributed by atoms with E-state index in [-0.39, 0.29) is 29.6 Å². The van der Waals surface area contributed by atoms with Gasteiger partial charge in [0.2, 0.25) is 5.91 Å². The van der Waals surface area contributed by atoms with E-state index >= 15 is 0 Å². The van der Waals surface area contributed by atoms with Crippen molar-refractivity contribution in [2.75, 3.05) is 18.4 Å². The van der Waals surface area contributed by atoms with E-state index in [1.807, 2.05) is 0 Å². The first kappa shape index (κ1) is 20.4. The normalized spacial score (nSPS) is 16.2. The number of hydrogen-bond donors (Lipinski definition) is 1. The van der Waals surface area contributed by atoms with Gasteiger partial charge in [0.25, 0.3) is 11.6 Å². The molecule has 2 amide bonds. The Morgan fingerprint density at radius 1 is 1.16 bits per heavy atom. The zero-order chi connectivity index (χ0) is 22.0. The number of nitrogens with one attached hydrogen (secondary N) is 1. The third-order valence-electron chi connectivity index (χ3n) is 5.37. The number of fused-ring (bicyclic) bond motifs is 1. The Hall–Kier alpha value is -3.88. The molecular formula is C22H19FN4O4. The molecule has 9 heteroatoms. The van der Waals surface area contributed by atoms with Gasteiger partial charge in [-0.1, -0.05) is 0 Å². The van der Waals surface area contributed by atoms with Gasteiger partial charge in [-0.05, 0) is 55.3 Å². The Labute approximate surface area is 176 Å². The van der Waals surface area contributed by atoms with E-state index in [1.165, 1.54) is 42.6 Å². The van der Waals surface area contributed by atoms with E-state index in [4.69, 9.17) is 0 Å². The number of anilines is 1. The summed E-state index contributed by atoms with van der Waals surface area (Å²) in [5.74, 6) is -1.37. The number of likely N-dealkylation sites (tertiary alicyclic amines) is 1. The topological polar surface area (TPSA) is 105 Å². The Bertz CT molecular complexity index is 1170. The summed E-state index contributed by atoms with van der Waals surface area (Å²) < 4.78 is 13.1. The molecule has 0 spiro atoms. The first-order valence-electron chi connectivity index (χ1n) is 9.82. The number of piperidine rings is 1. The van der Waals surface area contributed by atoms with Crippen LogP contribution in [0.15, 0.2) is 54.7 Å². The van der Waals surface area contributed by atoms with Gasteiger partial charge < -0.3 is 10.2 Å². The summed E-state index contributed by atoms with van der Waals surface area (Å²) in [7, 11) is 0. The number of benzene rings is 2. The summed E-state index contributed by atoms with van der Waals surface area (Å²) in [6.45, 7) is 0.760. The quantitative estimate of drug-likeness (QED) is 0.509. The van der Waals surface area contributed by atoms with Crippen LogP contribution in [0.5, 0.6) is 0 Å². The van der Waals surface area contributed by atoms with E-state index in [0.29, 0.717) is 36.0 Å². The number of amides is 2. The number of aromatic nitrogens is 1. The highest BCUT2D eigenvalue weighted by Crippen LogP contribution is 2.30. The molecule has 4 rings (SSSR count). The molecule has 2 heterocycles. The first-order valence-corrected chi connectivity index (χ1v) is 9.82. The van der Waals surface area contributed by atoms with E-state index in [2.05, 4.69) is 10.3 Å². The lowest BCUT2D eigenvalue weighted by molar-refractivity contribution is -0.383. The zero-order valence-electron chi connectivity index (χ0n) is 16.5. The van der Waals surface area contributed by atoms with Crippen molar-refractivity contribution in [3.63, 3.8) is 0 Å². The Balaban J connectivity index is 1.51. The Morgan fingerprint density at radius 3 is 2.68 bits per heavy atom. The van der Waals surface area contributed by atoms with Crippen LogP contribution in [-0.4, -0.2) is 39.7 Å². The summed E-state index contributed by atoms with van der Waals surface area (Å²) in [4.78, 5) is 42.1. The van der Waals surface area contributed by atoms with Crippen molar-refractivity contribution in [1.29, 1.82) is 0 Å². The lowest BCUT2D eigenvalue weighted by Gasteiger charge is -2.32. The number of pyridine rings is 1. The van der Waals surface area contributed by atoms with E-state index in [0.717, 1.165) is 0 Å². The number of nitrogens with zero attached hydrogens (tertiary/aromatic N) is 3. The van der Waals surface area contributed by atoms with Crippen molar-refractivity contribution < 1.29 is 18.9 Å². The largest absolute Gasteiger partial charge is 0.338 e. The molecule has 0 aliphatic carbocycles. The number of carbonyl (C=O) groups excluding carboxylic acids is 2. The number of non-ortho nitro benzene ring substituents is 1. The van der Waals surface area contributed by atoms with Gasteiger partial charge in [0.05, 0.1) is 16.5 Å². The number of nitro groups is 1. The second kappa shape index (κ2) is 8.47. The summed E-state index contributed by atoms with van der Waals surface area (Å²) in [5, 5.41) is 14.6. The summed E-state index contributed by atoms with van der Waals surface area (Å²) in [6.07, 6.45) is 2.73. The molecular weight excluding hydrogens is 403 g/mol. The van der Waals surface area contributed by atoms with Crippen molar-refractivity contribution in [3.05, 3.63) is 76.2 Å². The fourth-order valence-electron chi connectivity index (χ4n) is 3.80. The highest BCUT2D eigenvalue weighted by molar-refractivity contribution is 6.04. The summed E-state index contributed by atoms with van der Waals surface area (Å²) in [5.41, 5.74) is 0.861. The van der Waals surface area contributed by atoms with Crippen molar-refractivity contribution in [1.82, 2.24) is 9.88 Å². The van der Waals surface area contributed by atoms with Crippen molar-refractivity contribution >= 4 is 34.1 Å². The van der Waals surface area contributed by atoms with Crippen LogP contribution in [0.25, 0.3) is 10.9 Å². The molecule has 1 N–H and O–H groups in total. The molecule has 2 aromatic carbocycles. The molecule has 0 saturated carbocycles. The number of halogens is 1. The van der Waals surface area contributed by atoms with Crippen LogP contribution >= 0.6 is 0 Å². The minimum atomic E-state index is -0.513. The van der Waals surface area contributed by atoms with Crippen LogP contribution < -0.4 is 5.32 Å². The molecule has 8 nitrogen and oxygen atoms in total. The molecule has 1 atom stereocenters. The Kier molecular flexibility index (Phi) is 5.57. The van der Waals surface area contributed by atoms with Gasteiger partial charge in [-0.25, -0.2) is 9.37 Å². The summed E-state index contributed by atoms with van der Waals surface area (Å²) in [6, 6.07) is 11.4. The molecule has 0 bridgehead atoms. The lowest BCUT2D eigenvalue weighted by Crippen LogP contribution is -2.43. The van der Waals surface area contributed by atoms with E-state index in [1.54, 1.807) is 17.0 Å². The SMILES string of the molecule is O=C(Nc1ccc([N+](=O)[O-])c2ncccc12)C1CCCN(C(=O)c2ccc(F)cc2)C1. The second-order valence-electron chi connectivity index (χ2n) is 7.38. The van der Waals surface area contributed by atoms with Crippen LogP contribution in [0, 0.1) is 21.8 Å². The van der Waals surface area contributed by atoms with Gasteiger partial charge in [-0.3, -0.25) is 19.7 Å². The number of carbonyl (C=O) groups is 2. The maximum atomic E-state index is 13.1. The number of nitro benzene ring substituents is 1. The highest BCUT2D eigenvalue weighted by Gasteiger charge is 2.29. The van der Waals surface area contributed by atoms with Crippen LogP contribution in [0.1, 0.15) is 23.2 Å².